The van der Waals surface area contributed by atoms with Gasteiger partial charge in [-0.15, -0.1) is 0 Å². The Morgan fingerprint density at radius 2 is 1.64 bits per heavy atom. The van der Waals surface area contributed by atoms with Crippen molar-refractivity contribution in [1.29, 1.82) is 0 Å². The lowest BCUT2D eigenvalue weighted by molar-refractivity contribution is -0.123. The van der Waals surface area contributed by atoms with E-state index in [2.05, 4.69) is 22.5 Å². The second-order valence-corrected chi connectivity index (χ2v) is 7.34. The van der Waals surface area contributed by atoms with Gasteiger partial charge in [-0.05, 0) is 60.7 Å². The van der Waals surface area contributed by atoms with Gasteiger partial charge in [0.15, 0.2) is 0 Å². The van der Waals surface area contributed by atoms with Crippen molar-refractivity contribution >= 4 is 23.2 Å². The predicted octanol–water partition coefficient (Wildman–Crippen LogP) is 3.36. The molecule has 1 saturated heterocycles. The van der Waals surface area contributed by atoms with Crippen molar-refractivity contribution in [2.45, 2.75) is 26.2 Å². The maximum Gasteiger partial charge on any atom is 0.243 e. The number of nitrogens with one attached hydrogen (secondary N) is 2. The Balaban J connectivity index is 1.43. The molecule has 0 aromatic heterocycles. The first-order valence-corrected chi connectivity index (χ1v) is 9.65. The number of halogens is 1. The zero-order valence-electron chi connectivity index (χ0n) is 16.1. The van der Waals surface area contributed by atoms with E-state index in [1.807, 2.05) is 24.3 Å². The fourth-order valence-corrected chi connectivity index (χ4v) is 3.26. The molecular formula is C22H26FN3O2. The lowest BCUT2D eigenvalue weighted by Crippen LogP contribution is -2.34. The Labute approximate surface area is 164 Å². The lowest BCUT2D eigenvalue weighted by Gasteiger charge is -2.32. The second kappa shape index (κ2) is 9.35. The number of benzene rings is 2. The van der Waals surface area contributed by atoms with Crippen LogP contribution in [0.15, 0.2) is 48.5 Å². The fraction of sp³-hybridized carbons (Fsp3) is 0.364. The second-order valence-electron chi connectivity index (χ2n) is 7.34. The summed E-state index contributed by atoms with van der Waals surface area (Å²) in [4.78, 5) is 26.3. The maximum atomic E-state index is 12.9. The Bertz CT molecular complexity index is 798. The molecule has 3 rings (SSSR count). The average molecular weight is 383 g/mol. The molecule has 0 spiro atoms. The van der Waals surface area contributed by atoms with Crippen LogP contribution in [-0.2, 0) is 16.0 Å². The zero-order valence-corrected chi connectivity index (χ0v) is 16.1. The number of anilines is 2. The number of rotatable bonds is 6. The Morgan fingerprint density at radius 3 is 2.29 bits per heavy atom. The third-order valence-electron chi connectivity index (χ3n) is 5.02. The van der Waals surface area contributed by atoms with Crippen LogP contribution in [0.5, 0.6) is 0 Å². The zero-order chi connectivity index (χ0) is 19.9. The summed E-state index contributed by atoms with van der Waals surface area (Å²) in [5.41, 5.74) is 2.56. The van der Waals surface area contributed by atoms with Gasteiger partial charge in [0.05, 0.1) is 13.0 Å². The average Bonchev–Trinajstić information content (AvgIpc) is 2.69. The minimum absolute atomic E-state index is 0.105. The fourth-order valence-electron chi connectivity index (χ4n) is 3.26. The third-order valence-corrected chi connectivity index (χ3v) is 5.02. The number of amides is 2. The molecule has 0 bridgehead atoms. The molecule has 2 N–H and O–H groups in total. The van der Waals surface area contributed by atoms with Gasteiger partial charge in [-0.1, -0.05) is 19.1 Å². The molecule has 28 heavy (non-hydrogen) atoms. The summed E-state index contributed by atoms with van der Waals surface area (Å²) in [5.74, 6) is -0.124. The molecular weight excluding hydrogens is 357 g/mol. The number of carbonyl (C=O) groups excluding carboxylic acids is 2. The van der Waals surface area contributed by atoms with Crippen LogP contribution in [0.2, 0.25) is 0 Å². The van der Waals surface area contributed by atoms with Crippen LogP contribution < -0.4 is 15.5 Å². The standard InChI is InChI=1S/C22H26FN3O2/c1-16-10-12-26(13-11-16)20-8-6-19(7-9-20)25-22(28)15-24-21(27)14-17-2-4-18(23)5-3-17/h2-9,16H,10-15H2,1H3,(H,24,27)(H,25,28). The molecule has 6 heteroatoms. The number of carbonyl (C=O) groups is 2. The van der Waals surface area contributed by atoms with Gasteiger partial charge in [-0.3, -0.25) is 9.59 Å². The smallest absolute Gasteiger partial charge is 0.243 e. The number of nitrogens with zero attached hydrogens (tertiary/aromatic N) is 1. The molecule has 5 nitrogen and oxygen atoms in total. The molecule has 0 unspecified atom stereocenters. The third kappa shape index (κ3) is 5.81. The molecule has 0 radical (unpaired) electrons. The molecule has 2 aromatic carbocycles. The molecule has 2 amide bonds. The Morgan fingerprint density at radius 1 is 1.00 bits per heavy atom. The van der Waals surface area contributed by atoms with Crippen molar-refractivity contribution in [2.24, 2.45) is 5.92 Å². The Hall–Kier alpha value is -2.89. The van der Waals surface area contributed by atoms with Crippen molar-refractivity contribution in [3.8, 4) is 0 Å². The molecule has 2 aromatic rings. The van der Waals surface area contributed by atoms with Crippen LogP contribution in [0.3, 0.4) is 0 Å². The van der Waals surface area contributed by atoms with Gasteiger partial charge < -0.3 is 15.5 Å². The largest absolute Gasteiger partial charge is 0.372 e. The molecule has 1 fully saturated rings. The summed E-state index contributed by atoms with van der Waals surface area (Å²) in [5, 5.41) is 5.36. The SMILES string of the molecule is CC1CCN(c2ccc(NC(=O)CNC(=O)Cc3ccc(F)cc3)cc2)CC1. The van der Waals surface area contributed by atoms with Crippen molar-refractivity contribution in [2.75, 3.05) is 29.9 Å². The highest BCUT2D eigenvalue weighted by Crippen LogP contribution is 2.24. The summed E-state index contributed by atoms with van der Waals surface area (Å²) < 4.78 is 12.9. The molecule has 0 aliphatic carbocycles. The lowest BCUT2D eigenvalue weighted by atomic mass is 9.99. The first kappa shape index (κ1) is 19.9. The van der Waals surface area contributed by atoms with Crippen LogP contribution in [0.4, 0.5) is 15.8 Å². The van der Waals surface area contributed by atoms with Gasteiger partial charge >= 0.3 is 0 Å². The monoisotopic (exact) mass is 383 g/mol. The van der Waals surface area contributed by atoms with Crippen molar-refractivity contribution in [3.05, 3.63) is 59.9 Å². The summed E-state index contributed by atoms with van der Waals surface area (Å²) in [6.07, 6.45) is 2.52. The number of hydrogen-bond acceptors (Lipinski definition) is 3. The molecule has 1 aliphatic rings. The predicted molar refractivity (Wildman–Crippen MR) is 109 cm³/mol. The van der Waals surface area contributed by atoms with E-state index in [9.17, 15) is 14.0 Å². The minimum Gasteiger partial charge on any atom is -0.372 e. The Kier molecular flexibility index (Phi) is 6.63. The van der Waals surface area contributed by atoms with E-state index >= 15 is 0 Å². The van der Waals surface area contributed by atoms with E-state index in [-0.39, 0.29) is 30.6 Å². The highest BCUT2D eigenvalue weighted by molar-refractivity contribution is 5.94. The first-order valence-electron chi connectivity index (χ1n) is 9.65. The summed E-state index contributed by atoms with van der Waals surface area (Å²) in [7, 11) is 0. The highest BCUT2D eigenvalue weighted by Gasteiger charge is 2.16. The van der Waals surface area contributed by atoms with E-state index in [1.54, 1.807) is 12.1 Å². The van der Waals surface area contributed by atoms with Crippen LogP contribution in [0.25, 0.3) is 0 Å². The van der Waals surface area contributed by atoms with E-state index in [0.717, 1.165) is 24.7 Å². The van der Waals surface area contributed by atoms with Crippen LogP contribution in [0.1, 0.15) is 25.3 Å². The molecule has 148 valence electrons. The van der Waals surface area contributed by atoms with E-state index < -0.39 is 0 Å². The highest BCUT2D eigenvalue weighted by atomic mass is 19.1. The molecule has 0 saturated carbocycles. The molecule has 1 heterocycles. The first-order chi connectivity index (χ1) is 13.5. The van der Waals surface area contributed by atoms with Gasteiger partial charge in [-0.2, -0.15) is 0 Å². The number of piperidine rings is 1. The summed E-state index contributed by atoms with van der Waals surface area (Å²) in [6.45, 7) is 4.31. The summed E-state index contributed by atoms with van der Waals surface area (Å²) in [6, 6.07) is 13.5. The normalized spacial score (nSPS) is 14.6. The quantitative estimate of drug-likeness (QED) is 0.804. The molecule has 0 atom stereocenters. The van der Waals surface area contributed by atoms with Crippen LogP contribution >= 0.6 is 0 Å². The van der Waals surface area contributed by atoms with Gasteiger partial charge in [0.25, 0.3) is 0 Å². The minimum atomic E-state index is -0.343. The van der Waals surface area contributed by atoms with Gasteiger partial charge in [-0.25, -0.2) is 4.39 Å². The van der Waals surface area contributed by atoms with Crippen LogP contribution in [-0.4, -0.2) is 31.4 Å². The van der Waals surface area contributed by atoms with E-state index in [0.29, 0.717) is 11.3 Å². The molecule has 1 aliphatic heterocycles. The van der Waals surface area contributed by atoms with Crippen molar-refractivity contribution in [3.63, 3.8) is 0 Å². The number of hydrogen-bond donors (Lipinski definition) is 2. The van der Waals surface area contributed by atoms with Crippen LogP contribution in [0, 0.1) is 11.7 Å². The van der Waals surface area contributed by atoms with E-state index in [1.165, 1.54) is 25.0 Å². The summed E-state index contributed by atoms with van der Waals surface area (Å²) >= 11 is 0. The van der Waals surface area contributed by atoms with Gasteiger partial charge in [0.1, 0.15) is 5.82 Å². The van der Waals surface area contributed by atoms with E-state index in [4.69, 9.17) is 0 Å². The van der Waals surface area contributed by atoms with Crippen molar-refractivity contribution in [1.82, 2.24) is 5.32 Å². The van der Waals surface area contributed by atoms with Gasteiger partial charge in [0, 0.05) is 24.5 Å². The van der Waals surface area contributed by atoms with Crippen molar-refractivity contribution < 1.29 is 14.0 Å². The maximum absolute atomic E-state index is 12.9. The topological polar surface area (TPSA) is 61.4 Å². The van der Waals surface area contributed by atoms with Gasteiger partial charge in [0.2, 0.25) is 11.8 Å².